The fraction of sp³-hybridized carbons (Fsp3) is 0.667. The number of nitrogens with two attached hydrogens (primary N) is 4. The molecule has 4 amide bonds. The Morgan fingerprint density at radius 1 is 0.912 bits per heavy atom. The molecule has 194 valence electrons. The number of amides is 4. The summed E-state index contributed by atoms with van der Waals surface area (Å²) in [5, 5.41) is 34.5. The Hall–Kier alpha value is -3.50. The zero-order valence-electron chi connectivity index (χ0n) is 18.8. The van der Waals surface area contributed by atoms with Crippen LogP contribution < -0.4 is 38.9 Å². The summed E-state index contributed by atoms with van der Waals surface area (Å²) >= 11 is 0. The molecule has 14 N–H and O–H groups in total. The lowest BCUT2D eigenvalue weighted by Crippen LogP contribution is -2.58. The van der Waals surface area contributed by atoms with Gasteiger partial charge in [0.05, 0.1) is 12.7 Å². The van der Waals surface area contributed by atoms with E-state index in [0.717, 1.165) is 6.92 Å². The van der Waals surface area contributed by atoms with Crippen LogP contribution in [-0.2, 0) is 24.0 Å². The molecule has 0 saturated carbocycles. The second-order valence-electron chi connectivity index (χ2n) is 7.43. The van der Waals surface area contributed by atoms with E-state index in [1.54, 1.807) is 0 Å². The van der Waals surface area contributed by atoms with Crippen molar-refractivity contribution in [2.45, 2.75) is 62.9 Å². The number of hydrogen-bond donors (Lipinski definition) is 10. The molecule has 34 heavy (non-hydrogen) atoms. The second kappa shape index (κ2) is 15.4. The summed E-state index contributed by atoms with van der Waals surface area (Å²) in [7, 11) is 0. The van der Waals surface area contributed by atoms with Gasteiger partial charge in [-0.05, 0) is 26.2 Å². The number of carboxylic acids is 1. The minimum Gasteiger partial charge on any atom is -0.480 e. The van der Waals surface area contributed by atoms with Gasteiger partial charge in [0.1, 0.15) is 18.1 Å². The molecule has 0 rings (SSSR count). The van der Waals surface area contributed by atoms with Crippen molar-refractivity contribution in [2.24, 2.45) is 27.9 Å². The third-order valence-electron chi connectivity index (χ3n) is 4.47. The van der Waals surface area contributed by atoms with E-state index in [1.807, 2.05) is 0 Å². The van der Waals surface area contributed by atoms with Gasteiger partial charge in [-0.2, -0.15) is 0 Å². The van der Waals surface area contributed by atoms with Gasteiger partial charge in [0.2, 0.25) is 23.6 Å². The highest BCUT2D eigenvalue weighted by Crippen LogP contribution is 2.05. The van der Waals surface area contributed by atoms with Gasteiger partial charge in [-0.25, -0.2) is 4.79 Å². The van der Waals surface area contributed by atoms with Gasteiger partial charge in [0.25, 0.3) is 0 Å². The number of carboxylic acid groups (broad SMARTS) is 1. The summed E-state index contributed by atoms with van der Waals surface area (Å²) in [5.74, 6) is -5.19. The van der Waals surface area contributed by atoms with E-state index in [0.29, 0.717) is 0 Å². The highest BCUT2D eigenvalue weighted by molar-refractivity contribution is 5.94. The zero-order valence-corrected chi connectivity index (χ0v) is 18.8. The molecule has 0 aromatic rings. The number of carbonyl (C=O) groups is 5. The molecule has 0 bridgehead atoms. The van der Waals surface area contributed by atoms with Crippen LogP contribution in [0, 0.1) is 0 Å². The summed E-state index contributed by atoms with van der Waals surface area (Å²) in [4.78, 5) is 63.7. The number of aliphatic hydroxyl groups excluding tert-OH is 2. The third kappa shape index (κ3) is 11.9. The molecule has 5 unspecified atom stereocenters. The highest BCUT2D eigenvalue weighted by Gasteiger charge is 2.31. The Morgan fingerprint density at radius 3 is 1.91 bits per heavy atom. The summed E-state index contributed by atoms with van der Waals surface area (Å²) < 4.78 is 0. The van der Waals surface area contributed by atoms with Crippen LogP contribution in [0.5, 0.6) is 0 Å². The smallest absolute Gasteiger partial charge is 0.328 e. The molecule has 5 atom stereocenters. The number of primary amides is 1. The number of guanidine groups is 1. The van der Waals surface area contributed by atoms with Crippen LogP contribution in [0.3, 0.4) is 0 Å². The highest BCUT2D eigenvalue weighted by atomic mass is 16.4. The van der Waals surface area contributed by atoms with E-state index in [1.165, 1.54) is 0 Å². The van der Waals surface area contributed by atoms with Gasteiger partial charge >= 0.3 is 5.97 Å². The minimum atomic E-state index is -1.68. The first-order valence-corrected chi connectivity index (χ1v) is 10.3. The number of hydrogen-bond acceptors (Lipinski definition) is 9. The number of aliphatic carboxylic acids is 1. The summed E-state index contributed by atoms with van der Waals surface area (Å²) in [6, 6.07) is -5.66. The van der Waals surface area contributed by atoms with Crippen LogP contribution >= 0.6 is 0 Å². The molecule has 0 heterocycles. The van der Waals surface area contributed by atoms with Crippen LogP contribution in [0.2, 0.25) is 0 Å². The third-order valence-corrected chi connectivity index (χ3v) is 4.47. The molecule has 0 aliphatic heterocycles. The Morgan fingerprint density at radius 2 is 1.44 bits per heavy atom. The largest absolute Gasteiger partial charge is 0.480 e. The van der Waals surface area contributed by atoms with E-state index in [2.05, 4.69) is 20.9 Å². The van der Waals surface area contributed by atoms with Crippen molar-refractivity contribution in [3.05, 3.63) is 0 Å². The lowest BCUT2D eigenvalue weighted by atomic mass is 10.1. The summed E-state index contributed by atoms with van der Waals surface area (Å²) in [6.07, 6.45) is -1.85. The zero-order chi connectivity index (χ0) is 26.4. The lowest BCUT2D eigenvalue weighted by Gasteiger charge is -2.25. The van der Waals surface area contributed by atoms with Crippen molar-refractivity contribution < 1.29 is 39.3 Å². The van der Waals surface area contributed by atoms with Crippen molar-refractivity contribution in [1.29, 1.82) is 0 Å². The molecule has 16 heteroatoms. The SMILES string of the molecule is CC(O)C(NC(=O)C(CCC(N)=O)NC(=O)C(CCCN=C(N)N)NC(=O)C(N)CO)C(=O)O. The van der Waals surface area contributed by atoms with Crippen LogP contribution in [0.15, 0.2) is 4.99 Å². The molecule has 0 aromatic heterocycles. The predicted molar refractivity (Wildman–Crippen MR) is 119 cm³/mol. The Balaban J connectivity index is 5.59. The first kappa shape index (κ1) is 30.5. The summed E-state index contributed by atoms with van der Waals surface area (Å²) in [5.41, 5.74) is 21.0. The van der Waals surface area contributed by atoms with Gasteiger partial charge in [-0.15, -0.1) is 0 Å². The fourth-order valence-corrected chi connectivity index (χ4v) is 2.60. The first-order valence-electron chi connectivity index (χ1n) is 10.3. The molecule has 0 aromatic carbocycles. The van der Waals surface area contributed by atoms with E-state index in [4.69, 9.17) is 33.1 Å². The van der Waals surface area contributed by atoms with Gasteiger partial charge in [0.15, 0.2) is 12.0 Å². The Bertz CT molecular complexity index is 756. The van der Waals surface area contributed by atoms with Crippen LogP contribution in [0.1, 0.15) is 32.6 Å². The number of aliphatic hydroxyl groups is 2. The summed E-state index contributed by atoms with van der Waals surface area (Å²) in [6.45, 7) is 0.574. The quantitative estimate of drug-likeness (QED) is 0.0552. The van der Waals surface area contributed by atoms with Crippen LogP contribution in [0.4, 0.5) is 0 Å². The van der Waals surface area contributed by atoms with Crippen molar-refractivity contribution in [1.82, 2.24) is 16.0 Å². The Labute approximate surface area is 195 Å². The van der Waals surface area contributed by atoms with Crippen molar-refractivity contribution in [3.8, 4) is 0 Å². The molecular formula is C18H34N8O8. The monoisotopic (exact) mass is 490 g/mol. The van der Waals surface area contributed by atoms with E-state index in [9.17, 15) is 29.1 Å². The molecule has 0 aliphatic rings. The Kier molecular flexibility index (Phi) is 13.8. The standard InChI is InChI=1S/C18H34N8O8/c1-8(28)13(17(33)34)26-16(32)11(4-5-12(20)29)25-15(31)10(3-2-6-23-18(21)22)24-14(30)9(19)7-27/h8-11,13,27-28H,2-7,19H2,1H3,(H2,20,29)(H,24,30)(H,25,31)(H,26,32)(H,33,34)(H4,21,22,23). The lowest BCUT2D eigenvalue weighted by molar-refractivity contribution is -0.145. The molecule has 0 aliphatic carbocycles. The first-order chi connectivity index (χ1) is 15.8. The molecule has 0 spiro atoms. The average molecular weight is 491 g/mol. The maximum absolute atomic E-state index is 12.9. The van der Waals surface area contributed by atoms with Crippen molar-refractivity contribution in [3.63, 3.8) is 0 Å². The number of carbonyl (C=O) groups excluding carboxylic acids is 4. The number of nitrogens with one attached hydrogen (secondary N) is 3. The molecular weight excluding hydrogens is 456 g/mol. The van der Waals surface area contributed by atoms with Crippen molar-refractivity contribution in [2.75, 3.05) is 13.2 Å². The number of aliphatic imine (C=N–C) groups is 1. The topological polar surface area (TPSA) is 299 Å². The number of rotatable bonds is 16. The molecule has 16 nitrogen and oxygen atoms in total. The van der Waals surface area contributed by atoms with Gasteiger partial charge in [-0.1, -0.05) is 0 Å². The van der Waals surface area contributed by atoms with Crippen LogP contribution in [0.25, 0.3) is 0 Å². The van der Waals surface area contributed by atoms with E-state index >= 15 is 0 Å². The predicted octanol–water partition coefficient (Wildman–Crippen LogP) is -5.46. The van der Waals surface area contributed by atoms with E-state index < -0.39 is 66.5 Å². The normalized spacial score (nSPS) is 15.1. The maximum Gasteiger partial charge on any atom is 0.328 e. The molecule has 0 fully saturated rings. The molecule has 0 saturated heterocycles. The van der Waals surface area contributed by atoms with Crippen molar-refractivity contribution >= 4 is 35.6 Å². The van der Waals surface area contributed by atoms with E-state index in [-0.39, 0.29) is 38.2 Å². The minimum absolute atomic E-state index is 0.00207. The number of nitrogens with zero attached hydrogens (tertiary/aromatic N) is 1. The van der Waals surface area contributed by atoms with Crippen LogP contribution in [-0.4, -0.2) is 94.3 Å². The average Bonchev–Trinajstić information content (AvgIpc) is 2.74. The van der Waals surface area contributed by atoms with Gasteiger partial charge in [0, 0.05) is 13.0 Å². The fourth-order valence-electron chi connectivity index (χ4n) is 2.60. The maximum atomic E-state index is 12.9. The van der Waals surface area contributed by atoms with Gasteiger partial charge in [-0.3, -0.25) is 24.2 Å². The second-order valence-corrected chi connectivity index (χ2v) is 7.43. The molecule has 0 radical (unpaired) electrons. The van der Waals surface area contributed by atoms with Gasteiger partial charge < -0.3 is 54.2 Å².